The predicted molar refractivity (Wildman–Crippen MR) is 172 cm³/mol. The largest absolute Gasteiger partial charge is 0.507 e. The molecule has 0 saturated carbocycles. The number of nitrogens with one attached hydrogen (secondary N) is 1. The SMILES string of the molecule is CCCCCCCCc1cc(-c2cccc3n[nH]nc23)c(O)c(CCCCCCCC)c1CCCCCCCC. The number of benzene rings is 2. The normalized spacial score (nSPS) is 11.6. The van der Waals surface area contributed by atoms with Crippen LogP contribution in [0.4, 0.5) is 0 Å². The van der Waals surface area contributed by atoms with Crippen molar-refractivity contribution >= 4 is 11.0 Å². The van der Waals surface area contributed by atoms with E-state index in [1.54, 1.807) is 0 Å². The third-order valence-corrected chi connectivity index (χ3v) is 8.61. The molecule has 2 N–H and O–H groups in total. The molecular weight excluding hydrogens is 490 g/mol. The summed E-state index contributed by atoms with van der Waals surface area (Å²) in [6.45, 7) is 6.85. The van der Waals surface area contributed by atoms with E-state index >= 15 is 0 Å². The van der Waals surface area contributed by atoms with Crippen LogP contribution in [0.1, 0.15) is 153 Å². The number of unbranched alkanes of at least 4 members (excludes halogenated alkanes) is 15. The quantitative estimate of drug-likeness (QED) is 0.123. The standard InChI is InChI=1S/C36H57N3O/c1-4-7-10-13-16-19-23-29-28-33(31-26-22-27-34-35(31)38-39-37-34)36(40)32(25-21-18-15-12-9-6-3)30(29)24-20-17-14-11-8-5-2/h22,26-28,40H,4-21,23-25H2,1-3H3,(H,37,38,39). The van der Waals surface area contributed by atoms with Crippen LogP contribution < -0.4 is 0 Å². The highest BCUT2D eigenvalue weighted by molar-refractivity contribution is 5.93. The lowest BCUT2D eigenvalue weighted by Gasteiger charge is -2.21. The number of phenolic OH excluding ortho intramolecular Hbond substituents is 1. The lowest BCUT2D eigenvalue weighted by molar-refractivity contribution is 0.465. The Bertz CT molecular complexity index is 1100. The summed E-state index contributed by atoms with van der Waals surface area (Å²) in [6.07, 6.45) is 26.4. The summed E-state index contributed by atoms with van der Waals surface area (Å²) in [6, 6.07) is 8.42. The molecule has 0 fully saturated rings. The number of fused-ring (bicyclic) bond motifs is 1. The number of phenols is 1. The summed E-state index contributed by atoms with van der Waals surface area (Å²) in [5, 5.41) is 23.4. The predicted octanol–water partition coefficient (Wildman–Crippen LogP) is 11.0. The van der Waals surface area contributed by atoms with Gasteiger partial charge < -0.3 is 5.11 Å². The average Bonchev–Trinajstić information content (AvgIpc) is 3.45. The van der Waals surface area contributed by atoms with Gasteiger partial charge in [-0.3, -0.25) is 0 Å². The summed E-state index contributed by atoms with van der Waals surface area (Å²) < 4.78 is 0. The molecule has 0 bridgehead atoms. The molecule has 40 heavy (non-hydrogen) atoms. The number of nitrogens with zero attached hydrogens (tertiary/aromatic N) is 2. The van der Waals surface area contributed by atoms with Crippen LogP contribution in [0, 0.1) is 0 Å². The van der Waals surface area contributed by atoms with Gasteiger partial charge in [-0.25, -0.2) is 0 Å². The maximum absolute atomic E-state index is 11.9. The fourth-order valence-electron chi connectivity index (χ4n) is 6.18. The van der Waals surface area contributed by atoms with Crippen molar-refractivity contribution in [2.75, 3.05) is 0 Å². The zero-order valence-electron chi connectivity index (χ0n) is 26.0. The Hall–Kier alpha value is -2.36. The summed E-state index contributed by atoms with van der Waals surface area (Å²) in [4.78, 5) is 0. The molecule has 0 amide bonds. The topological polar surface area (TPSA) is 61.8 Å². The molecule has 0 aliphatic carbocycles. The van der Waals surface area contributed by atoms with Gasteiger partial charge in [-0.15, -0.1) is 0 Å². The molecule has 0 unspecified atom stereocenters. The molecule has 0 aliphatic heterocycles. The van der Waals surface area contributed by atoms with Crippen molar-refractivity contribution in [2.24, 2.45) is 0 Å². The molecule has 3 aromatic rings. The van der Waals surface area contributed by atoms with Gasteiger partial charge in [-0.2, -0.15) is 15.4 Å². The van der Waals surface area contributed by atoms with Crippen molar-refractivity contribution in [3.63, 3.8) is 0 Å². The summed E-state index contributed by atoms with van der Waals surface area (Å²) in [5.41, 5.74) is 7.74. The number of para-hydroxylation sites is 1. The van der Waals surface area contributed by atoms with Crippen LogP contribution >= 0.6 is 0 Å². The Balaban J connectivity index is 1.91. The molecule has 0 spiro atoms. The number of aromatic nitrogens is 3. The first-order chi connectivity index (χ1) is 19.7. The van der Waals surface area contributed by atoms with Crippen molar-refractivity contribution < 1.29 is 5.11 Å². The maximum Gasteiger partial charge on any atom is 0.126 e. The van der Waals surface area contributed by atoms with E-state index in [0.29, 0.717) is 5.75 Å². The first-order valence-electron chi connectivity index (χ1n) is 16.9. The van der Waals surface area contributed by atoms with Gasteiger partial charge in [0.2, 0.25) is 0 Å². The smallest absolute Gasteiger partial charge is 0.126 e. The van der Waals surface area contributed by atoms with Crippen LogP contribution in [0.2, 0.25) is 0 Å². The van der Waals surface area contributed by atoms with Gasteiger partial charge in [0.05, 0.1) is 0 Å². The van der Waals surface area contributed by atoms with Crippen LogP contribution in [0.5, 0.6) is 5.75 Å². The molecule has 0 saturated heterocycles. The number of rotatable bonds is 22. The number of hydrogen-bond donors (Lipinski definition) is 2. The van der Waals surface area contributed by atoms with Gasteiger partial charge in [0.25, 0.3) is 0 Å². The van der Waals surface area contributed by atoms with E-state index in [4.69, 9.17) is 0 Å². The van der Waals surface area contributed by atoms with Crippen molar-refractivity contribution in [1.82, 2.24) is 15.4 Å². The summed E-state index contributed by atoms with van der Waals surface area (Å²) in [5.74, 6) is 0.483. The fourth-order valence-corrected chi connectivity index (χ4v) is 6.18. The molecule has 4 nitrogen and oxygen atoms in total. The van der Waals surface area contributed by atoms with Crippen LogP contribution in [0.3, 0.4) is 0 Å². The Morgan fingerprint density at radius 3 is 1.70 bits per heavy atom. The van der Waals surface area contributed by atoms with Gasteiger partial charge in [0.15, 0.2) is 0 Å². The molecule has 1 heterocycles. The molecule has 3 rings (SSSR count). The van der Waals surface area contributed by atoms with Gasteiger partial charge in [-0.05, 0) is 67.3 Å². The van der Waals surface area contributed by atoms with Crippen molar-refractivity contribution in [1.29, 1.82) is 0 Å². The lowest BCUT2D eigenvalue weighted by atomic mass is 9.85. The molecule has 0 aliphatic rings. The average molecular weight is 548 g/mol. The number of H-pyrrole nitrogens is 1. The Labute approximate surface area is 244 Å². The number of hydrogen-bond acceptors (Lipinski definition) is 3. The minimum Gasteiger partial charge on any atom is -0.507 e. The molecule has 0 radical (unpaired) electrons. The van der Waals surface area contributed by atoms with Gasteiger partial charge >= 0.3 is 0 Å². The third kappa shape index (κ3) is 9.93. The fraction of sp³-hybridized carbons (Fsp3) is 0.667. The number of aryl methyl sites for hydroxylation is 1. The van der Waals surface area contributed by atoms with E-state index in [9.17, 15) is 5.11 Å². The van der Waals surface area contributed by atoms with E-state index in [0.717, 1.165) is 47.8 Å². The first kappa shape index (κ1) is 32.2. The molecule has 0 atom stereocenters. The van der Waals surface area contributed by atoms with Crippen LogP contribution in [-0.4, -0.2) is 20.5 Å². The molecule has 4 heteroatoms. The van der Waals surface area contributed by atoms with E-state index in [1.165, 1.54) is 126 Å². The number of aromatic hydroxyl groups is 1. The highest BCUT2D eigenvalue weighted by Crippen LogP contribution is 2.40. The molecule has 2 aromatic carbocycles. The van der Waals surface area contributed by atoms with Crippen LogP contribution in [0.15, 0.2) is 24.3 Å². The molecule has 1 aromatic heterocycles. The Morgan fingerprint density at radius 1 is 0.575 bits per heavy atom. The van der Waals surface area contributed by atoms with Gasteiger partial charge in [0.1, 0.15) is 16.8 Å². The zero-order valence-corrected chi connectivity index (χ0v) is 26.0. The van der Waals surface area contributed by atoms with Gasteiger partial charge in [0, 0.05) is 11.1 Å². The highest BCUT2D eigenvalue weighted by Gasteiger charge is 2.20. The Kier molecular flexibility index (Phi) is 15.2. The monoisotopic (exact) mass is 547 g/mol. The van der Waals surface area contributed by atoms with E-state index in [2.05, 4.69) is 48.3 Å². The van der Waals surface area contributed by atoms with E-state index < -0.39 is 0 Å². The second-order valence-corrected chi connectivity index (χ2v) is 11.9. The second kappa shape index (κ2) is 18.9. The minimum atomic E-state index is 0.483. The highest BCUT2D eigenvalue weighted by atomic mass is 16.3. The third-order valence-electron chi connectivity index (χ3n) is 8.61. The van der Waals surface area contributed by atoms with Gasteiger partial charge in [-0.1, -0.05) is 129 Å². The van der Waals surface area contributed by atoms with Crippen molar-refractivity contribution in [3.05, 3.63) is 41.0 Å². The first-order valence-corrected chi connectivity index (χ1v) is 16.9. The van der Waals surface area contributed by atoms with E-state index in [-0.39, 0.29) is 0 Å². The number of aromatic amines is 1. The van der Waals surface area contributed by atoms with E-state index in [1.807, 2.05) is 12.1 Å². The van der Waals surface area contributed by atoms with Crippen LogP contribution in [-0.2, 0) is 19.3 Å². The summed E-state index contributed by atoms with van der Waals surface area (Å²) in [7, 11) is 0. The van der Waals surface area contributed by atoms with Crippen LogP contribution in [0.25, 0.3) is 22.2 Å². The molecular formula is C36H57N3O. The zero-order chi connectivity index (χ0) is 28.4. The summed E-state index contributed by atoms with van der Waals surface area (Å²) >= 11 is 0. The Morgan fingerprint density at radius 2 is 1.10 bits per heavy atom. The molecule has 222 valence electrons. The lowest BCUT2D eigenvalue weighted by Crippen LogP contribution is -2.05. The van der Waals surface area contributed by atoms with Crippen molar-refractivity contribution in [3.8, 4) is 16.9 Å². The minimum absolute atomic E-state index is 0.483. The maximum atomic E-state index is 11.9. The second-order valence-electron chi connectivity index (χ2n) is 11.9. The van der Waals surface area contributed by atoms with Crippen molar-refractivity contribution in [2.45, 2.75) is 156 Å².